The molecular weight excluding hydrogens is 838 g/mol. The standard InChI is InChI=1S/C50H58FN11O4/c1-52-27-41-40(45-28-54-47-25-36(51)14-19-61(45)47)5-6-43(42(41)32-63)55-46-8-3-38(26-53-46)59-17-12-34(13-18-59)29-57-15-10-33(11-16-57)30-58-20-22-60(23-21-58)37-2-4-39-35(24-37)31-62(50(39)66)44-7-9-48(64)56-49(44)65/h2-6,8,14,19,24-26,28,32-34,44,52H,7,9-13,15-18,20-23,27,29-31H2,1H3,(H,53,55)(H,56,64,65). The number of benzene rings is 2. The predicted molar refractivity (Wildman–Crippen MR) is 251 cm³/mol. The first-order valence-corrected chi connectivity index (χ1v) is 23.5. The molecule has 5 aliphatic heterocycles. The number of piperazine rings is 1. The maximum Gasteiger partial charge on any atom is 0.255 e. The molecule has 16 heteroatoms. The Balaban J connectivity index is 0.657. The summed E-state index contributed by atoms with van der Waals surface area (Å²) < 4.78 is 15.7. The minimum Gasteiger partial charge on any atom is -0.370 e. The Labute approximate surface area is 384 Å². The van der Waals surface area contributed by atoms with E-state index in [0.29, 0.717) is 53.7 Å². The Hall–Kier alpha value is -6.23. The molecule has 15 nitrogen and oxygen atoms in total. The third kappa shape index (κ3) is 9.01. The van der Waals surface area contributed by atoms with Gasteiger partial charge in [0.25, 0.3) is 5.91 Å². The molecule has 4 fully saturated rings. The van der Waals surface area contributed by atoms with Gasteiger partial charge in [0.05, 0.1) is 29.5 Å². The largest absolute Gasteiger partial charge is 0.370 e. The SMILES string of the molecule is CNCc1c(-c2cnc3cc(F)ccn23)ccc(Nc2ccc(N3CCC(CN4CCC(CN5CCN(c6ccc7c(c6)CN(C6CCC(=O)NC6=O)C7=O)CC5)CC4)CC3)cn2)c1C=O. The molecule has 0 aliphatic carbocycles. The molecule has 1 atom stereocenters. The molecule has 66 heavy (non-hydrogen) atoms. The predicted octanol–water partition coefficient (Wildman–Crippen LogP) is 5.32. The van der Waals surface area contributed by atoms with E-state index in [1.807, 2.05) is 48.0 Å². The van der Waals surface area contributed by atoms with Crippen LogP contribution in [0.5, 0.6) is 0 Å². The lowest BCUT2D eigenvalue weighted by Gasteiger charge is -2.41. The molecule has 0 bridgehead atoms. The average Bonchev–Trinajstić information content (AvgIpc) is 3.90. The molecule has 2 aromatic carbocycles. The van der Waals surface area contributed by atoms with Crippen LogP contribution in [0.1, 0.15) is 70.4 Å². The number of carbonyl (C=O) groups excluding carboxylic acids is 4. The van der Waals surface area contributed by atoms with E-state index in [0.717, 1.165) is 105 Å². The Morgan fingerprint density at radius 1 is 0.773 bits per heavy atom. The van der Waals surface area contributed by atoms with Crippen molar-refractivity contribution >= 4 is 52.5 Å². The summed E-state index contributed by atoms with van der Waals surface area (Å²) in [4.78, 5) is 70.8. The van der Waals surface area contributed by atoms with Gasteiger partial charge in [-0.3, -0.25) is 33.8 Å². The van der Waals surface area contributed by atoms with E-state index in [1.54, 1.807) is 17.3 Å². The van der Waals surface area contributed by atoms with Crippen LogP contribution in [0.4, 0.5) is 27.3 Å². The molecule has 3 N–H and O–H groups in total. The summed E-state index contributed by atoms with van der Waals surface area (Å²) in [6.07, 6.45) is 11.6. The van der Waals surface area contributed by atoms with Gasteiger partial charge in [0.2, 0.25) is 11.8 Å². The highest BCUT2D eigenvalue weighted by Crippen LogP contribution is 2.34. The monoisotopic (exact) mass is 895 g/mol. The number of piperidine rings is 3. The van der Waals surface area contributed by atoms with Crippen LogP contribution in [0.3, 0.4) is 0 Å². The molecule has 0 spiro atoms. The maximum absolute atomic E-state index is 13.9. The molecule has 10 rings (SSSR count). The molecule has 3 amide bonds. The highest BCUT2D eigenvalue weighted by Gasteiger charge is 2.39. The number of aromatic nitrogens is 3. The van der Waals surface area contributed by atoms with Crippen molar-refractivity contribution in [1.29, 1.82) is 0 Å². The van der Waals surface area contributed by atoms with Crippen molar-refractivity contribution in [2.45, 2.75) is 57.7 Å². The molecule has 0 saturated carbocycles. The number of amides is 3. The molecule has 0 radical (unpaired) electrons. The number of imidazole rings is 1. The summed E-state index contributed by atoms with van der Waals surface area (Å²) in [6, 6.07) is 16.2. The van der Waals surface area contributed by atoms with Gasteiger partial charge < -0.3 is 30.2 Å². The van der Waals surface area contributed by atoms with Crippen molar-refractivity contribution in [3.8, 4) is 11.3 Å². The zero-order valence-corrected chi connectivity index (χ0v) is 37.6. The molecular formula is C50H58FN11O4. The lowest BCUT2D eigenvalue weighted by Crippen LogP contribution is -2.52. The number of halogens is 1. The molecule has 5 aliphatic rings. The lowest BCUT2D eigenvalue weighted by molar-refractivity contribution is -0.136. The number of hydrogen-bond donors (Lipinski definition) is 3. The van der Waals surface area contributed by atoms with Gasteiger partial charge in [-0.2, -0.15) is 0 Å². The zero-order chi connectivity index (χ0) is 45.3. The van der Waals surface area contributed by atoms with Gasteiger partial charge in [-0.1, -0.05) is 6.07 Å². The van der Waals surface area contributed by atoms with Crippen molar-refractivity contribution in [1.82, 2.24) is 39.7 Å². The Kier molecular flexibility index (Phi) is 12.5. The second-order valence-electron chi connectivity index (χ2n) is 18.6. The lowest BCUT2D eigenvalue weighted by atomic mass is 9.92. The minimum absolute atomic E-state index is 0.127. The second kappa shape index (κ2) is 18.9. The third-order valence-electron chi connectivity index (χ3n) is 14.6. The number of fused-ring (bicyclic) bond motifs is 2. The first-order valence-electron chi connectivity index (χ1n) is 23.5. The number of anilines is 4. The van der Waals surface area contributed by atoms with Gasteiger partial charge in [0.1, 0.15) is 23.3 Å². The van der Waals surface area contributed by atoms with E-state index < -0.39 is 6.04 Å². The van der Waals surface area contributed by atoms with E-state index in [4.69, 9.17) is 4.98 Å². The number of nitrogens with one attached hydrogen (secondary N) is 3. The zero-order valence-electron chi connectivity index (χ0n) is 37.6. The molecule has 3 aromatic heterocycles. The fraction of sp³-hybridized carbons (Fsp3) is 0.440. The highest BCUT2D eigenvalue weighted by molar-refractivity contribution is 6.05. The summed E-state index contributed by atoms with van der Waals surface area (Å²) in [6.45, 7) is 11.5. The Morgan fingerprint density at radius 3 is 2.20 bits per heavy atom. The topological polar surface area (TPSA) is 151 Å². The summed E-state index contributed by atoms with van der Waals surface area (Å²) >= 11 is 0. The summed E-state index contributed by atoms with van der Waals surface area (Å²) in [5, 5.41) is 8.96. The third-order valence-corrected chi connectivity index (χ3v) is 14.6. The number of hydrogen-bond acceptors (Lipinski definition) is 12. The summed E-state index contributed by atoms with van der Waals surface area (Å²) in [5.41, 5.74) is 7.98. The Morgan fingerprint density at radius 2 is 1.48 bits per heavy atom. The van der Waals surface area contributed by atoms with Crippen LogP contribution in [-0.4, -0.2) is 132 Å². The van der Waals surface area contributed by atoms with Gasteiger partial charge in [0.15, 0.2) is 6.29 Å². The minimum atomic E-state index is -0.593. The number of pyridine rings is 2. The van der Waals surface area contributed by atoms with Crippen molar-refractivity contribution in [3.63, 3.8) is 0 Å². The highest BCUT2D eigenvalue weighted by atomic mass is 19.1. The van der Waals surface area contributed by atoms with Crippen LogP contribution in [0.25, 0.3) is 16.9 Å². The molecule has 4 saturated heterocycles. The quantitative estimate of drug-likeness (QED) is 0.104. The number of nitrogens with zero attached hydrogens (tertiary/aromatic N) is 8. The molecule has 8 heterocycles. The van der Waals surface area contributed by atoms with Gasteiger partial charge in [-0.05, 0) is 118 Å². The van der Waals surface area contributed by atoms with Gasteiger partial charge in [-0.15, -0.1) is 0 Å². The Bertz CT molecular complexity index is 2610. The van der Waals surface area contributed by atoms with Crippen LogP contribution < -0.4 is 25.8 Å². The average molecular weight is 896 g/mol. The van der Waals surface area contributed by atoms with Gasteiger partial charge in [-0.25, -0.2) is 14.4 Å². The first-order chi connectivity index (χ1) is 32.2. The van der Waals surface area contributed by atoms with Crippen LogP contribution in [0, 0.1) is 17.7 Å². The fourth-order valence-corrected chi connectivity index (χ4v) is 10.9. The number of aldehydes is 1. The molecule has 344 valence electrons. The van der Waals surface area contributed by atoms with E-state index in [9.17, 15) is 23.6 Å². The van der Waals surface area contributed by atoms with Gasteiger partial charge >= 0.3 is 0 Å². The van der Waals surface area contributed by atoms with Crippen molar-refractivity contribution < 1.29 is 23.6 Å². The molecule has 1 unspecified atom stereocenters. The van der Waals surface area contributed by atoms with Crippen molar-refractivity contribution in [2.24, 2.45) is 11.8 Å². The van der Waals surface area contributed by atoms with E-state index in [-0.39, 0.29) is 30.0 Å². The normalized spacial score (nSPS) is 20.3. The van der Waals surface area contributed by atoms with Crippen LogP contribution in [-0.2, 0) is 22.7 Å². The number of carbonyl (C=O) groups is 4. The number of likely N-dealkylation sites (tertiary alicyclic amines) is 1. The first kappa shape index (κ1) is 43.7. The smallest absolute Gasteiger partial charge is 0.255 e. The van der Waals surface area contributed by atoms with Crippen LogP contribution >= 0.6 is 0 Å². The van der Waals surface area contributed by atoms with E-state index >= 15 is 0 Å². The van der Waals surface area contributed by atoms with Crippen LogP contribution in [0.15, 0.2) is 73.2 Å². The molecule has 5 aromatic rings. The van der Waals surface area contributed by atoms with E-state index in [2.05, 4.69) is 52.7 Å². The second-order valence-corrected chi connectivity index (χ2v) is 18.6. The summed E-state index contributed by atoms with van der Waals surface area (Å²) in [5.74, 6) is 0.947. The maximum atomic E-state index is 13.9. The van der Waals surface area contributed by atoms with Crippen molar-refractivity contribution in [3.05, 3.63) is 101 Å². The van der Waals surface area contributed by atoms with Crippen LogP contribution in [0.2, 0.25) is 0 Å². The summed E-state index contributed by atoms with van der Waals surface area (Å²) in [7, 11) is 1.84. The fourth-order valence-electron chi connectivity index (χ4n) is 10.9. The van der Waals surface area contributed by atoms with E-state index in [1.165, 1.54) is 44.6 Å². The van der Waals surface area contributed by atoms with Gasteiger partial charge in [0, 0.05) is 107 Å². The number of imide groups is 1. The van der Waals surface area contributed by atoms with Crippen molar-refractivity contribution in [2.75, 3.05) is 87.6 Å². The number of rotatable bonds is 13.